The Labute approximate surface area is 182 Å². The van der Waals surface area contributed by atoms with Crippen LogP contribution in [0.15, 0.2) is 51.8 Å². The molecule has 0 saturated heterocycles. The first-order valence-corrected chi connectivity index (χ1v) is 9.82. The third kappa shape index (κ3) is 4.02. The van der Waals surface area contributed by atoms with E-state index in [2.05, 4.69) is 15.6 Å². The average molecular weight is 439 g/mol. The number of aryl methyl sites for hydroxylation is 1. The number of hydrogen-bond donors (Lipinski definition) is 1. The number of nitrogens with one attached hydrogen (secondary N) is 1. The Bertz CT molecular complexity index is 1340. The van der Waals surface area contributed by atoms with Gasteiger partial charge in [0.2, 0.25) is 11.5 Å². The van der Waals surface area contributed by atoms with E-state index in [0.29, 0.717) is 38.8 Å². The van der Waals surface area contributed by atoms with Gasteiger partial charge >= 0.3 is 0 Å². The molecule has 0 unspecified atom stereocenters. The van der Waals surface area contributed by atoms with Crippen molar-refractivity contribution < 1.29 is 14.1 Å². The Morgan fingerprint density at radius 3 is 2.65 bits per heavy atom. The van der Waals surface area contributed by atoms with Crippen LogP contribution >= 0.6 is 11.6 Å². The summed E-state index contributed by atoms with van der Waals surface area (Å²) in [6.45, 7) is 3.36. The molecule has 0 aliphatic rings. The molecule has 0 radical (unpaired) electrons. The Hall–Kier alpha value is -3.65. The molecule has 4 rings (SSSR count). The van der Waals surface area contributed by atoms with Crippen molar-refractivity contribution in [2.24, 2.45) is 0 Å². The van der Waals surface area contributed by atoms with Crippen molar-refractivity contribution in [2.45, 2.75) is 20.4 Å². The average Bonchev–Trinajstić information content (AvgIpc) is 3.13. The molecule has 0 saturated carbocycles. The lowest BCUT2D eigenvalue weighted by molar-refractivity contribution is -0.114. The van der Waals surface area contributed by atoms with Crippen molar-refractivity contribution in [3.05, 3.63) is 69.1 Å². The molecular formula is C22H19ClN4O4. The Kier molecular flexibility index (Phi) is 5.48. The van der Waals surface area contributed by atoms with Crippen molar-refractivity contribution in [3.63, 3.8) is 0 Å². The topological polar surface area (TPSA) is 99.2 Å². The summed E-state index contributed by atoms with van der Waals surface area (Å²) >= 11 is 5.97. The lowest BCUT2D eigenvalue weighted by Gasteiger charge is -2.13. The van der Waals surface area contributed by atoms with Gasteiger partial charge in [-0.15, -0.1) is 0 Å². The number of rotatable bonds is 5. The molecule has 1 amide bonds. The summed E-state index contributed by atoms with van der Waals surface area (Å²) in [5.74, 6) is 0.297. The summed E-state index contributed by atoms with van der Waals surface area (Å²) in [7, 11) is 1.53. The highest BCUT2D eigenvalue weighted by molar-refractivity contribution is 6.30. The van der Waals surface area contributed by atoms with E-state index < -0.39 is 0 Å². The number of anilines is 1. The maximum Gasteiger partial charge on any atom is 0.280 e. The van der Waals surface area contributed by atoms with Crippen LogP contribution in [0.3, 0.4) is 0 Å². The largest absolute Gasteiger partial charge is 0.496 e. The molecule has 8 nitrogen and oxygen atoms in total. The van der Waals surface area contributed by atoms with Crippen molar-refractivity contribution in [2.75, 3.05) is 12.4 Å². The number of halogens is 1. The van der Waals surface area contributed by atoms with E-state index in [1.165, 1.54) is 18.7 Å². The van der Waals surface area contributed by atoms with E-state index in [0.717, 1.165) is 5.56 Å². The van der Waals surface area contributed by atoms with Crippen LogP contribution in [0.5, 0.6) is 5.75 Å². The van der Waals surface area contributed by atoms with E-state index >= 15 is 0 Å². The zero-order valence-corrected chi connectivity index (χ0v) is 17.9. The fraction of sp³-hybridized carbons (Fsp3) is 0.182. The number of hydrogen-bond acceptors (Lipinski definition) is 6. The van der Waals surface area contributed by atoms with Crippen LogP contribution in [0.4, 0.5) is 5.69 Å². The second-order valence-electron chi connectivity index (χ2n) is 7.01. The SMILES string of the molecule is COc1ccc(NC(C)=O)cc1-c1nn(Cc2ccc(Cl)cc2)c(=O)c2c(C)noc12. The molecule has 1 N–H and O–H groups in total. The molecule has 31 heavy (non-hydrogen) atoms. The van der Waals surface area contributed by atoms with Gasteiger partial charge in [-0.25, -0.2) is 4.68 Å². The van der Waals surface area contributed by atoms with Crippen molar-refractivity contribution in [3.8, 4) is 17.0 Å². The van der Waals surface area contributed by atoms with Gasteiger partial charge in [0, 0.05) is 17.6 Å². The quantitative estimate of drug-likeness (QED) is 0.505. The number of methoxy groups -OCH3 is 1. The lowest BCUT2D eigenvalue weighted by Crippen LogP contribution is -2.24. The van der Waals surface area contributed by atoms with Crippen LogP contribution in [0.2, 0.25) is 5.02 Å². The van der Waals surface area contributed by atoms with E-state index in [9.17, 15) is 9.59 Å². The highest BCUT2D eigenvalue weighted by Gasteiger charge is 2.22. The molecule has 0 bridgehead atoms. The number of fused-ring (bicyclic) bond motifs is 1. The van der Waals surface area contributed by atoms with Crippen molar-refractivity contribution >= 4 is 34.2 Å². The molecule has 0 spiro atoms. The number of carbonyl (C=O) groups excluding carboxylic acids is 1. The van der Waals surface area contributed by atoms with Gasteiger partial charge in [-0.05, 0) is 42.8 Å². The Balaban J connectivity index is 1.94. The van der Waals surface area contributed by atoms with Crippen LogP contribution in [0.1, 0.15) is 18.2 Å². The van der Waals surface area contributed by atoms with Crippen LogP contribution in [0.25, 0.3) is 22.2 Å². The highest BCUT2D eigenvalue weighted by Crippen LogP contribution is 2.35. The minimum atomic E-state index is -0.315. The minimum Gasteiger partial charge on any atom is -0.496 e. The summed E-state index contributed by atoms with van der Waals surface area (Å²) in [5, 5.41) is 12.2. The van der Waals surface area contributed by atoms with Gasteiger partial charge < -0.3 is 14.6 Å². The molecule has 0 fully saturated rings. The number of aromatic nitrogens is 3. The van der Waals surface area contributed by atoms with Gasteiger partial charge in [0.15, 0.2) is 0 Å². The Morgan fingerprint density at radius 1 is 1.23 bits per heavy atom. The van der Waals surface area contributed by atoms with Gasteiger partial charge in [-0.3, -0.25) is 9.59 Å². The first-order valence-electron chi connectivity index (χ1n) is 9.45. The van der Waals surface area contributed by atoms with Crippen molar-refractivity contribution in [1.29, 1.82) is 0 Å². The number of carbonyl (C=O) groups is 1. The van der Waals surface area contributed by atoms with Gasteiger partial charge in [0.05, 0.1) is 24.9 Å². The zero-order valence-electron chi connectivity index (χ0n) is 17.1. The van der Waals surface area contributed by atoms with E-state index in [1.54, 1.807) is 37.3 Å². The number of benzene rings is 2. The molecule has 0 aliphatic heterocycles. The second kappa shape index (κ2) is 8.23. The fourth-order valence-corrected chi connectivity index (χ4v) is 3.47. The standard InChI is InChI=1S/C22H19ClN4O4/c1-12-19-21(31-26-12)20(17-10-16(24-13(2)28)8-9-18(17)30-3)25-27(22(19)29)11-14-4-6-15(23)7-5-14/h4-10H,11H2,1-3H3,(H,24,28). The van der Waals surface area contributed by atoms with Crippen molar-refractivity contribution in [1.82, 2.24) is 14.9 Å². The molecule has 2 heterocycles. The molecule has 2 aromatic heterocycles. The predicted molar refractivity (Wildman–Crippen MR) is 118 cm³/mol. The summed E-state index contributed by atoms with van der Waals surface area (Å²) in [6.07, 6.45) is 0. The van der Waals surface area contributed by atoms with E-state index in [-0.39, 0.29) is 23.6 Å². The van der Waals surface area contributed by atoms with Crippen LogP contribution < -0.4 is 15.6 Å². The molecule has 0 aliphatic carbocycles. The van der Waals surface area contributed by atoms with E-state index in [4.69, 9.17) is 20.9 Å². The summed E-state index contributed by atoms with van der Waals surface area (Å²) < 4.78 is 12.3. The lowest BCUT2D eigenvalue weighted by atomic mass is 10.1. The first kappa shape index (κ1) is 20.6. The molecule has 0 atom stereocenters. The number of amides is 1. The van der Waals surface area contributed by atoms with E-state index in [1.807, 2.05) is 12.1 Å². The van der Waals surface area contributed by atoms with Gasteiger partial charge in [-0.1, -0.05) is 28.9 Å². The van der Waals surface area contributed by atoms with Gasteiger partial charge in [0.25, 0.3) is 5.56 Å². The maximum absolute atomic E-state index is 13.1. The Morgan fingerprint density at radius 2 is 1.97 bits per heavy atom. The first-order chi connectivity index (χ1) is 14.9. The highest BCUT2D eigenvalue weighted by atomic mass is 35.5. The monoisotopic (exact) mass is 438 g/mol. The number of nitrogens with zero attached hydrogens (tertiary/aromatic N) is 3. The third-order valence-electron chi connectivity index (χ3n) is 4.77. The minimum absolute atomic E-state index is 0.211. The number of ether oxygens (including phenoxy) is 1. The fourth-order valence-electron chi connectivity index (χ4n) is 3.34. The normalized spacial score (nSPS) is 11.0. The van der Waals surface area contributed by atoms with Gasteiger partial charge in [0.1, 0.15) is 16.8 Å². The molecule has 4 aromatic rings. The maximum atomic E-state index is 13.1. The molecule has 2 aromatic carbocycles. The molecular weight excluding hydrogens is 420 g/mol. The summed E-state index contributed by atoms with van der Waals surface area (Å²) in [6, 6.07) is 12.3. The molecule has 9 heteroatoms. The predicted octanol–water partition coefficient (Wildman–Crippen LogP) is 4.03. The van der Waals surface area contributed by atoms with Gasteiger partial charge in [-0.2, -0.15) is 5.10 Å². The molecule has 158 valence electrons. The van der Waals surface area contributed by atoms with Crippen LogP contribution in [-0.4, -0.2) is 28.0 Å². The summed E-state index contributed by atoms with van der Waals surface area (Å²) in [5.41, 5.74) is 2.76. The third-order valence-corrected chi connectivity index (χ3v) is 5.02. The van der Waals surface area contributed by atoms with Crippen LogP contribution in [0, 0.1) is 6.92 Å². The van der Waals surface area contributed by atoms with Crippen LogP contribution in [-0.2, 0) is 11.3 Å². The zero-order chi connectivity index (χ0) is 22.1. The second-order valence-corrected chi connectivity index (χ2v) is 7.44. The summed E-state index contributed by atoms with van der Waals surface area (Å²) in [4.78, 5) is 24.6. The smallest absolute Gasteiger partial charge is 0.280 e.